The van der Waals surface area contributed by atoms with Crippen molar-refractivity contribution < 1.29 is 9.18 Å². The number of hydrogen-bond donors (Lipinski definition) is 2. The third-order valence-electron chi connectivity index (χ3n) is 2.69. The Labute approximate surface area is 110 Å². The molecule has 1 aromatic carbocycles. The second kappa shape index (κ2) is 5.62. The highest BCUT2D eigenvalue weighted by molar-refractivity contribution is 5.91. The summed E-state index contributed by atoms with van der Waals surface area (Å²) in [5.74, 6) is -0.629. The Kier molecular flexibility index (Phi) is 3.91. The molecular weight excluding hydrogens is 247 g/mol. The summed E-state index contributed by atoms with van der Waals surface area (Å²) in [5.41, 5.74) is 7.12. The minimum atomic E-state index is -0.349. The molecule has 1 aromatic heterocycles. The fourth-order valence-corrected chi connectivity index (χ4v) is 1.79. The monoisotopic (exact) mass is 262 g/mol. The van der Waals surface area contributed by atoms with Crippen LogP contribution in [-0.2, 0) is 6.42 Å². The van der Waals surface area contributed by atoms with Crippen molar-refractivity contribution in [3.63, 3.8) is 0 Å². The second-order valence-electron chi connectivity index (χ2n) is 4.08. The highest BCUT2D eigenvalue weighted by Gasteiger charge is 2.09. The maximum Gasteiger partial charge on any atom is 0.271 e. The Morgan fingerprint density at radius 3 is 2.95 bits per heavy atom. The number of halogens is 1. The van der Waals surface area contributed by atoms with Gasteiger partial charge in [0.2, 0.25) is 0 Å². The van der Waals surface area contributed by atoms with E-state index in [1.165, 1.54) is 23.9 Å². The molecular formula is C13H15FN4O. The van der Waals surface area contributed by atoms with Crippen LogP contribution >= 0.6 is 0 Å². The van der Waals surface area contributed by atoms with Crippen LogP contribution in [-0.4, -0.2) is 29.3 Å². The zero-order chi connectivity index (χ0) is 13.8. The quantitative estimate of drug-likeness (QED) is 0.858. The van der Waals surface area contributed by atoms with E-state index in [1.807, 2.05) is 0 Å². The molecule has 0 aliphatic rings. The Morgan fingerprint density at radius 1 is 1.47 bits per heavy atom. The number of nitrogens with one attached hydrogen (secondary N) is 1. The summed E-state index contributed by atoms with van der Waals surface area (Å²) in [7, 11) is 1.53. The lowest BCUT2D eigenvalue weighted by Gasteiger charge is -2.05. The molecule has 100 valence electrons. The van der Waals surface area contributed by atoms with E-state index in [-0.39, 0.29) is 17.4 Å². The summed E-state index contributed by atoms with van der Waals surface area (Å²) in [5, 5.41) is 6.58. The molecule has 2 aromatic rings. The van der Waals surface area contributed by atoms with Crippen LogP contribution < -0.4 is 11.1 Å². The minimum Gasteiger partial charge on any atom is -0.354 e. The van der Waals surface area contributed by atoms with Gasteiger partial charge >= 0.3 is 0 Å². The summed E-state index contributed by atoms with van der Waals surface area (Å²) >= 11 is 0. The smallest absolute Gasteiger partial charge is 0.271 e. The molecule has 1 heterocycles. The molecule has 5 nitrogen and oxygen atoms in total. The van der Waals surface area contributed by atoms with E-state index in [4.69, 9.17) is 5.73 Å². The lowest BCUT2D eigenvalue weighted by Crippen LogP contribution is -2.18. The molecule has 0 saturated heterocycles. The van der Waals surface area contributed by atoms with Crippen molar-refractivity contribution in [2.24, 2.45) is 5.73 Å². The first-order chi connectivity index (χ1) is 9.13. The third-order valence-corrected chi connectivity index (χ3v) is 2.69. The summed E-state index contributed by atoms with van der Waals surface area (Å²) in [4.78, 5) is 11.4. The van der Waals surface area contributed by atoms with Crippen molar-refractivity contribution in [3.05, 3.63) is 47.5 Å². The number of benzene rings is 1. The highest BCUT2D eigenvalue weighted by Crippen LogP contribution is 2.14. The van der Waals surface area contributed by atoms with Gasteiger partial charge in [-0.2, -0.15) is 5.10 Å². The van der Waals surface area contributed by atoms with Gasteiger partial charge in [-0.05, 0) is 42.8 Å². The summed E-state index contributed by atoms with van der Waals surface area (Å²) in [6.45, 7) is 0.450. The average Bonchev–Trinajstić information content (AvgIpc) is 2.87. The van der Waals surface area contributed by atoms with Crippen LogP contribution in [0, 0.1) is 5.82 Å². The normalized spacial score (nSPS) is 10.5. The Morgan fingerprint density at radius 2 is 2.26 bits per heavy atom. The Balaban J connectivity index is 2.35. The van der Waals surface area contributed by atoms with Crippen molar-refractivity contribution in [2.75, 3.05) is 13.6 Å². The van der Waals surface area contributed by atoms with Gasteiger partial charge in [-0.15, -0.1) is 0 Å². The van der Waals surface area contributed by atoms with E-state index in [9.17, 15) is 9.18 Å². The predicted molar refractivity (Wildman–Crippen MR) is 69.7 cm³/mol. The van der Waals surface area contributed by atoms with Gasteiger partial charge < -0.3 is 11.1 Å². The lowest BCUT2D eigenvalue weighted by molar-refractivity contribution is 0.0957. The van der Waals surface area contributed by atoms with Gasteiger partial charge in [0.15, 0.2) is 5.69 Å². The summed E-state index contributed by atoms with van der Waals surface area (Å²) in [6.07, 6.45) is 2.21. The van der Waals surface area contributed by atoms with Gasteiger partial charge in [0.1, 0.15) is 5.82 Å². The second-order valence-corrected chi connectivity index (χ2v) is 4.08. The molecule has 3 N–H and O–H groups in total. The molecule has 0 bridgehead atoms. The zero-order valence-electron chi connectivity index (χ0n) is 10.6. The predicted octanol–water partition coefficient (Wildman–Crippen LogP) is 0.872. The number of amides is 1. The van der Waals surface area contributed by atoms with Crippen molar-refractivity contribution >= 4 is 5.91 Å². The van der Waals surface area contributed by atoms with Crippen LogP contribution in [0.5, 0.6) is 0 Å². The first kappa shape index (κ1) is 13.2. The van der Waals surface area contributed by atoms with Crippen molar-refractivity contribution in [3.8, 4) is 5.69 Å². The molecule has 0 radical (unpaired) electrons. The fourth-order valence-electron chi connectivity index (χ4n) is 1.79. The van der Waals surface area contributed by atoms with Crippen molar-refractivity contribution in [1.29, 1.82) is 0 Å². The van der Waals surface area contributed by atoms with Crippen LogP contribution in [0.2, 0.25) is 0 Å². The molecule has 0 fully saturated rings. The van der Waals surface area contributed by atoms with Crippen LogP contribution in [0.4, 0.5) is 4.39 Å². The number of aromatic nitrogens is 2. The number of carbonyl (C=O) groups is 1. The largest absolute Gasteiger partial charge is 0.354 e. The molecule has 0 aliphatic heterocycles. The topological polar surface area (TPSA) is 72.9 Å². The first-order valence-corrected chi connectivity index (χ1v) is 5.91. The molecule has 0 aliphatic carbocycles. The van der Waals surface area contributed by atoms with Crippen LogP contribution in [0.15, 0.2) is 30.5 Å². The van der Waals surface area contributed by atoms with Gasteiger partial charge in [0, 0.05) is 13.2 Å². The van der Waals surface area contributed by atoms with E-state index >= 15 is 0 Å². The van der Waals surface area contributed by atoms with Gasteiger partial charge in [-0.1, -0.05) is 0 Å². The molecule has 19 heavy (non-hydrogen) atoms. The first-order valence-electron chi connectivity index (χ1n) is 5.91. The molecule has 2 rings (SSSR count). The molecule has 1 amide bonds. The summed E-state index contributed by atoms with van der Waals surface area (Å²) < 4.78 is 15.0. The number of carbonyl (C=O) groups excluding carboxylic acids is 1. The van der Waals surface area contributed by atoms with Gasteiger partial charge in [-0.3, -0.25) is 4.79 Å². The van der Waals surface area contributed by atoms with Crippen molar-refractivity contribution in [2.45, 2.75) is 6.42 Å². The standard InChI is InChI=1S/C13H15FN4O/c1-16-13(19)12-3-5-18(17-12)11-7-9(2-4-15)6-10(14)8-11/h3,5-8H,2,4,15H2,1H3,(H,16,19). The van der Waals surface area contributed by atoms with Crippen LogP contribution in [0.3, 0.4) is 0 Å². The molecule has 0 atom stereocenters. The zero-order valence-corrected chi connectivity index (χ0v) is 10.6. The SMILES string of the molecule is CNC(=O)c1ccn(-c2cc(F)cc(CCN)c2)n1. The van der Waals surface area contributed by atoms with Crippen LogP contribution in [0.1, 0.15) is 16.1 Å². The number of nitrogens with zero attached hydrogens (tertiary/aromatic N) is 2. The Hall–Kier alpha value is -2.21. The van der Waals surface area contributed by atoms with E-state index in [2.05, 4.69) is 10.4 Å². The maximum absolute atomic E-state index is 13.5. The fraction of sp³-hybridized carbons (Fsp3) is 0.231. The molecule has 0 spiro atoms. The lowest BCUT2D eigenvalue weighted by atomic mass is 10.1. The van der Waals surface area contributed by atoms with E-state index < -0.39 is 0 Å². The van der Waals surface area contributed by atoms with Gasteiger partial charge in [-0.25, -0.2) is 9.07 Å². The summed E-state index contributed by atoms with van der Waals surface area (Å²) in [6, 6.07) is 6.18. The molecule has 6 heteroatoms. The van der Waals surface area contributed by atoms with Gasteiger partial charge in [0.05, 0.1) is 5.69 Å². The minimum absolute atomic E-state index is 0.280. The average molecular weight is 262 g/mol. The van der Waals surface area contributed by atoms with E-state index in [1.54, 1.807) is 18.3 Å². The van der Waals surface area contributed by atoms with Gasteiger partial charge in [0.25, 0.3) is 5.91 Å². The highest BCUT2D eigenvalue weighted by atomic mass is 19.1. The maximum atomic E-state index is 13.5. The van der Waals surface area contributed by atoms with Crippen molar-refractivity contribution in [1.82, 2.24) is 15.1 Å². The van der Waals surface area contributed by atoms with Crippen LogP contribution in [0.25, 0.3) is 5.69 Å². The van der Waals surface area contributed by atoms with E-state index in [0.717, 1.165) is 5.56 Å². The molecule has 0 unspecified atom stereocenters. The third kappa shape index (κ3) is 2.97. The van der Waals surface area contributed by atoms with E-state index in [0.29, 0.717) is 18.7 Å². The Bertz CT molecular complexity index is 594. The number of rotatable bonds is 4. The number of hydrogen-bond acceptors (Lipinski definition) is 3. The molecule has 0 saturated carbocycles. The number of nitrogens with two attached hydrogens (primary N) is 1.